The van der Waals surface area contributed by atoms with Crippen molar-refractivity contribution in [2.45, 2.75) is 239 Å². The summed E-state index contributed by atoms with van der Waals surface area (Å²) in [7, 11) is 0. The molecule has 130 heavy (non-hydrogen) atoms. The van der Waals surface area contributed by atoms with Crippen molar-refractivity contribution in [3.8, 4) is 0 Å². The smallest absolute Gasteiger partial charge is 0.408 e. The van der Waals surface area contributed by atoms with Gasteiger partial charge < -0.3 is 113 Å². The molecule has 0 aromatic heterocycles. The lowest BCUT2D eigenvalue weighted by atomic mass is 9.85. The molecule has 0 spiro atoms. The van der Waals surface area contributed by atoms with Crippen molar-refractivity contribution >= 4 is 131 Å². The zero-order valence-electron chi connectivity index (χ0n) is 73.6. The number of allylic oxidation sites excluding steroid dienone is 2. The van der Waals surface area contributed by atoms with E-state index in [-0.39, 0.29) is 97.0 Å². The number of aliphatic carboxylic acids is 6. The number of carbonyl (C=O) groups is 22. The number of nitrogens with zero attached hydrogens (tertiary/aromatic N) is 2. The van der Waals surface area contributed by atoms with E-state index in [1.807, 2.05) is 30.3 Å². The lowest BCUT2D eigenvalue weighted by Gasteiger charge is -2.26. The number of ether oxygens (including phenoxy) is 7. The normalized spacial score (nSPS) is 14.2. The van der Waals surface area contributed by atoms with Gasteiger partial charge in [0, 0.05) is 57.2 Å². The van der Waals surface area contributed by atoms with Crippen molar-refractivity contribution in [2.75, 3.05) is 6.54 Å². The highest BCUT2D eigenvalue weighted by atomic mass is 16.7. The fourth-order valence-electron chi connectivity index (χ4n) is 9.88. The fourth-order valence-corrected chi connectivity index (χ4v) is 9.88. The van der Waals surface area contributed by atoms with Gasteiger partial charge in [-0.25, -0.2) is 33.6 Å². The van der Waals surface area contributed by atoms with Gasteiger partial charge in [-0.1, -0.05) is 91.0 Å². The molecule has 46 heteroatoms. The minimum Gasteiger partial charge on any atom is -0.481 e. The molecule has 0 unspecified atom stereocenters. The quantitative estimate of drug-likeness (QED) is 0.0172. The highest BCUT2D eigenvalue weighted by Crippen LogP contribution is 2.27. The molecule has 0 bridgehead atoms. The second-order valence-electron chi connectivity index (χ2n) is 31.7. The van der Waals surface area contributed by atoms with E-state index in [9.17, 15) is 105 Å². The van der Waals surface area contributed by atoms with Crippen LogP contribution in [0.3, 0.4) is 0 Å². The van der Waals surface area contributed by atoms with Gasteiger partial charge in [-0.05, 0) is 138 Å². The van der Waals surface area contributed by atoms with Gasteiger partial charge in [-0.3, -0.25) is 76.8 Å². The second-order valence-corrected chi connectivity index (χ2v) is 31.7. The number of carboxylic acid groups (broad SMARTS) is 6. The number of rotatable bonds is 36. The highest BCUT2D eigenvalue weighted by Gasteiger charge is 2.43. The SMILES string of the molecule is CC(C)(C)OC(=O)CC[C@@H](C(=O)O)C1C(=O)C=CC1=O.CC(C)(C)OC(=O)CC[C@@H](C(=O)ON1C(=O)CCC1=O)N1C(=O)C=CC1=O.CC(C)(C)OC(=O)CC[C@H](N)C(=O)O.CC(C)(C)OC(=O)CC[C@H](NC(=O)OCc1ccccc1)C(=O)O.NC(=O)C[C@H](N)C(=O)O.NC(=O)C[C@H](NC(=O)OCc1ccccc1)C(=O)O.NC[C@H](NC(=O)OCc1ccccc1)C(=O)O. The average Bonchev–Trinajstić information content (AvgIpc) is 1.79. The number of nitrogens with one attached hydrogen (secondary N) is 3. The standard InChI is InChI=1S/C17H20N2O8.C17H23NO6.C14H18O6.C12H14N2O5.C11H14N2O4.C9H17NO4.C4H8N2O3/c1-17(2,3)26-15(24)9-4-10(18-11(20)5-6-12(18)21)16(25)27-19-13(22)7-8-14(19)23;1-17(2,3)24-14(19)10-9-13(15(20)21)18-16(22)23-11-12-7-5-4-6-8-12;1-14(2,3)20-11(17)7-4-8(13(18)19)12-9(15)5-6-10(12)16;13-10(15)6-9(11(16)17)14-12(18)19-7-8-4-2-1-3-5-8;12-6-9(10(14)15)13-11(16)17-7-8-4-2-1-3-5-8;1-9(2,3)14-7(11)5-4-6(10)8(12)13;5-2(4(8)9)1-3(6)7/h5-6,10H,4,7-9H2,1-3H3;4-8,13H,9-11H2,1-3H3,(H,18,22)(H,20,21);5-6,8,12H,4,7H2,1-3H3,(H,18,19);1-5,9H,6-7H2,(H2,13,15)(H,14,18)(H,16,17);1-5,9H,6-7,12H2,(H,13,16)(H,14,15);6H,4-5,10H2,1-3H3,(H,12,13);2H,1,5H2,(H2,6,7)(H,8,9)/t10-;13-;8-;2*9-;6-;2-/m0010000/s1. The fraction of sp³-hybridized carbons (Fsp3) is 0.476. The van der Waals surface area contributed by atoms with Crippen molar-refractivity contribution in [3.05, 3.63) is 132 Å². The van der Waals surface area contributed by atoms with Crippen LogP contribution in [0.4, 0.5) is 14.4 Å². The molecular formula is C84H114N10O36. The number of alkyl carbamates (subject to hydrolysis) is 3. The van der Waals surface area contributed by atoms with Crippen LogP contribution in [0.2, 0.25) is 0 Å². The van der Waals surface area contributed by atoms with Gasteiger partial charge in [0.25, 0.3) is 23.6 Å². The Balaban J connectivity index is 0.00000152. The second kappa shape index (κ2) is 57.3. The van der Waals surface area contributed by atoms with Crippen LogP contribution in [0.5, 0.6) is 0 Å². The molecular weight excluding hydrogens is 1720 g/mol. The lowest BCUT2D eigenvalue weighted by Crippen LogP contribution is -2.48. The van der Waals surface area contributed by atoms with Crippen LogP contribution in [0.1, 0.15) is 177 Å². The van der Waals surface area contributed by atoms with E-state index in [1.54, 1.807) is 144 Å². The summed E-state index contributed by atoms with van der Waals surface area (Å²) in [5.74, 6) is -18.5. The summed E-state index contributed by atoms with van der Waals surface area (Å²) < 4.78 is 34.9. The Hall–Kier alpha value is -14.4. The molecule has 19 N–H and O–H groups in total. The molecule has 716 valence electrons. The Morgan fingerprint density at radius 1 is 0.400 bits per heavy atom. The molecule has 2 heterocycles. The first-order valence-corrected chi connectivity index (χ1v) is 39.5. The Bertz CT molecular complexity index is 4420. The van der Waals surface area contributed by atoms with Crippen LogP contribution in [0.15, 0.2) is 115 Å². The maximum Gasteiger partial charge on any atom is 0.408 e. The first-order chi connectivity index (χ1) is 60.2. The Kier molecular flexibility index (Phi) is 50.9. The largest absolute Gasteiger partial charge is 0.481 e. The van der Waals surface area contributed by atoms with E-state index >= 15 is 0 Å². The zero-order valence-corrected chi connectivity index (χ0v) is 73.6. The molecule has 2 aliphatic heterocycles. The van der Waals surface area contributed by atoms with Gasteiger partial charge in [0.15, 0.2) is 11.6 Å². The molecule has 3 aliphatic rings. The zero-order chi connectivity index (χ0) is 99.7. The Morgan fingerprint density at radius 3 is 1.02 bits per heavy atom. The van der Waals surface area contributed by atoms with Crippen LogP contribution in [-0.2, 0) is 149 Å². The summed E-state index contributed by atoms with van der Waals surface area (Å²) >= 11 is 0. The van der Waals surface area contributed by atoms with Crippen LogP contribution >= 0.6 is 0 Å². The molecule has 6 rings (SSSR count). The maximum absolute atomic E-state index is 12.5. The van der Waals surface area contributed by atoms with Crippen LogP contribution in [-0.4, -0.2) is 237 Å². The molecule has 7 atom stereocenters. The van der Waals surface area contributed by atoms with Crippen molar-refractivity contribution < 1.29 is 174 Å². The monoisotopic (exact) mass is 1840 g/mol. The maximum atomic E-state index is 12.5. The Morgan fingerprint density at radius 2 is 0.715 bits per heavy atom. The van der Waals surface area contributed by atoms with Crippen molar-refractivity contribution in [1.82, 2.24) is 25.9 Å². The minimum atomic E-state index is -1.48. The summed E-state index contributed by atoms with van der Waals surface area (Å²) in [6.07, 6.45) is -0.330. The third kappa shape index (κ3) is 52.5. The molecule has 9 amide bonds. The summed E-state index contributed by atoms with van der Waals surface area (Å²) in [6, 6.07) is 19.6. The molecule has 1 saturated heterocycles. The summed E-state index contributed by atoms with van der Waals surface area (Å²) in [5, 5.41) is 59.0. The molecule has 0 radical (unpaired) electrons. The van der Waals surface area contributed by atoms with Gasteiger partial charge in [-0.2, -0.15) is 0 Å². The van der Waals surface area contributed by atoms with Crippen molar-refractivity contribution in [3.63, 3.8) is 0 Å². The molecule has 3 aromatic rings. The number of benzene rings is 3. The topological polar surface area (TPSA) is 743 Å². The van der Waals surface area contributed by atoms with Crippen molar-refractivity contribution in [1.29, 1.82) is 0 Å². The summed E-state index contributed by atoms with van der Waals surface area (Å²) in [5.41, 5.74) is 24.6. The van der Waals surface area contributed by atoms with Gasteiger partial charge >= 0.3 is 83.9 Å². The van der Waals surface area contributed by atoms with E-state index in [0.717, 1.165) is 41.0 Å². The minimum absolute atomic E-state index is 0.00951. The number of esters is 4. The number of hydrogen-bond donors (Lipinski definition) is 14. The van der Waals surface area contributed by atoms with Crippen molar-refractivity contribution in [2.24, 2.45) is 40.5 Å². The molecule has 1 fully saturated rings. The number of carboxylic acids is 6. The number of carbonyl (C=O) groups excluding carboxylic acids is 16. The number of hydroxylamine groups is 2. The van der Waals surface area contributed by atoms with E-state index in [2.05, 4.69) is 21.7 Å². The number of amides is 9. The molecule has 3 aromatic carbocycles. The Labute approximate surface area is 745 Å². The predicted octanol–water partition coefficient (Wildman–Crippen LogP) is 2.99. The number of ketones is 2. The third-order valence-corrected chi connectivity index (χ3v) is 15.7. The first kappa shape index (κ1) is 116. The van der Waals surface area contributed by atoms with E-state index in [1.165, 1.54) is 0 Å². The molecule has 1 aliphatic carbocycles. The number of nitrogens with two attached hydrogens (primary N) is 5. The molecule has 46 nitrogen and oxygen atoms in total. The van der Waals surface area contributed by atoms with Gasteiger partial charge in [0.2, 0.25) is 11.8 Å². The van der Waals surface area contributed by atoms with E-state index in [0.29, 0.717) is 9.96 Å². The number of hydrogen-bond acceptors (Lipinski definition) is 33. The highest BCUT2D eigenvalue weighted by molar-refractivity contribution is 6.20. The number of imide groups is 2. The van der Waals surface area contributed by atoms with Gasteiger partial charge in [-0.15, -0.1) is 5.06 Å². The summed E-state index contributed by atoms with van der Waals surface area (Å²) in [4.78, 5) is 253. The van der Waals surface area contributed by atoms with Gasteiger partial charge in [0.05, 0.1) is 24.7 Å². The van der Waals surface area contributed by atoms with Crippen LogP contribution < -0.4 is 44.6 Å². The van der Waals surface area contributed by atoms with Gasteiger partial charge in [0.1, 0.15) is 78.5 Å². The number of primary amides is 2. The predicted molar refractivity (Wildman–Crippen MR) is 448 cm³/mol. The summed E-state index contributed by atoms with van der Waals surface area (Å²) in [6.45, 7) is 20.5. The van der Waals surface area contributed by atoms with Crippen LogP contribution in [0, 0.1) is 11.8 Å². The van der Waals surface area contributed by atoms with Crippen LogP contribution in [0.25, 0.3) is 0 Å². The van der Waals surface area contributed by atoms with E-state index in [4.69, 9.17) is 91.6 Å². The third-order valence-electron chi connectivity index (χ3n) is 15.7. The first-order valence-electron chi connectivity index (χ1n) is 39.5. The molecule has 0 saturated carbocycles. The van der Waals surface area contributed by atoms with E-state index < -0.39 is 208 Å². The average molecular weight is 1840 g/mol. The lowest BCUT2D eigenvalue weighted by molar-refractivity contribution is -0.201.